The summed E-state index contributed by atoms with van der Waals surface area (Å²) in [6.45, 7) is 13.1. The molecule has 33 heavy (non-hydrogen) atoms. The van der Waals surface area contributed by atoms with E-state index in [2.05, 4.69) is 38.5 Å². The van der Waals surface area contributed by atoms with Crippen molar-refractivity contribution in [3.05, 3.63) is 16.8 Å². The summed E-state index contributed by atoms with van der Waals surface area (Å²) in [5.74, 6) is 2.36. The van der Waals surface area contributed by atoms with Crippen molar-refractivity contribution >= 4 is 33.3 Å². The average molecular weight is 472 g/mol. The van der Waals surface area contributed by atoms with Crippen LogP contribution in [-0.4, -0.2) is 84.7 Å². The molecule has 0 unspecified atom stereocenters. The summed E-state index contributed by atoms with van der Waals surface area (Å²) in [5.41, 5.74) is 1.29. The SMILES string of the molecule is Cc1sc2ncnc(N3CCC(C(=O)N4CCC(CCN5CCOCC5)CC4)CC3)c2c1C. The van der Waals surface area contributed by atoms with Gasteiger partial charge in [-0.05, 0) is 64.0 Å². The Morgan fingerprint density at radius 1 is 1.03 bits per heavy atom. The fourth-order valence-corrected chi connectivity index (χ4v) is 6.62. The number of amides is 1. The number of hydrogen-bond donors (Lipinski definition) is 0. The molecule has 5 rings (SSSR count). The lowest BCUT2D eigenvalue weighted by molar-refractivity contribution is -0.137. The van der Waals surface area contributed by atoms with Crippen molar-refractivity contribution in [1.82, 2.24) is 19.8 Å². The van der Waals surface area contributed by atoms with Gasteiger partial charge in [0, 0.05) is 50.1 Å². The van der Waals surface area contributed by atoms with Gasteiger partial charge in [0.2, 0.25) is 5.91 Å². The standard InChI is InChI=1S/C25H37N5O2S/c1-18-19(2)33-24-22(18)23(26-17-27-24)29-11-6-21(7-12-29)25(31)30-9-4-20(5-10-30)3-8-28-13-15-32-16-14-28/h17,20-21H,3-16H2,1-2H3. The molecule has 0 radical (unpaired) electrons. The van der Waals surface area contributed by atoms with Crippen LogP contribution in [0.1, 0.15) is 42.5 Å². The van der Waals surface area contributed by atoms with E-state index in [9.17, 15) is 4.79 Å². The van der Waals surface area contributed by atoms with Gasteiger partial charge < -0.3 is 14.5 Å². The first kappa shape index (κ1) is 23.0. The minimum absolute atomic E-state index is 0.161. The summed E-state index contributed by atoms with van der Waals surface area (Å²) >= 11 is 1.75. The fraction of sp³-hybridized carbons (Fsp3) is 0.720. The van der Waals surface area contributed by atoms with Gasteiger partial charge in [-0.1, -0.05) is 0 Å². The van der Waals surface area contributed by atoms with Crippen molar-refractivity contribution in [2.24, 2.45) is 11.8 Å². The first-order valence-corrected chi connectivity index (χ1v) is 13.5. The number of fused-ring (bicyclic) bond motifs is 1. The molecule has 3 aliphatic rings. The Hall–Kier alpha value is -1.77. The molecule has 0 saturated carbocycles. The molecule has 3 aliphatic heterocycles. The molecule has 0 spiro atoms. The van der Waals surface area contributed by atoms with Crippen LogP contribution < -0.4 is 4.90 Å². The van der Waals surface area contributed by atoms with E-state index in [1.807, 2.05) is 0 Å². The zero-order chi connectivity index (χ0) is 22.8. The van der Waals surface area contributed by atoms with E-state index >= 15 is 0 Å². The van der Waals surface area contributed by atoms with E-state index in [0.717, 1.165) is 94.7 Å². The molecule has 7 nitrogen and oxygen atoms in total. The zero-order valence-electron chi connectivity index (χ0n) is 20.1. The topological polar surface area (TPSA) is 61.8 Å². The van der Waals surface area contributed by atoms with Crippen molar-refractivity contribution in [2.75, 3.05) is 63.9 Å². The van der Waals surface area contributed by atoms with Crippen LogP contribution in [0.25, 0.3) is 10.2 Å². The summed E-state index contributed by atoms with van der Waals surface area (Å²) in [7, 11) is 0. The minimum atomic E-state index is 0.161. The number of morpholine rings is 1. The molecule has 8 heteroatoms. The molecular weight excluding hydrogens is 434 g/mol. The monoisotopic (exact) mass is 471 g/mol. The van der Waals surface area contributed by atoms with Crippen LogP contribution in [0.3, 0.4) is 0 Å². The van der Waals surface area contributed by atoms with E-state index in [1.54, 1.807) is 17.7 Å². The second-order valence-corrected chi connectivity index (χ2v) is 11.1. The molecule has 0 aliphatic carbocycles. The number of likely N-dealkylation sites (tertiary alicyclic amines) is 1. The Kier molecular flexibility index (Phi) is 7.13. The highest BCUT2D eigenvalue weighted by Gasteiger charge is 2.32. The van der Waals surface area contributed by atoms with E-state index < -0.39 is 0 Å². The number of rotatable bonds is 5. The predicted molar refractivity (Wildman–Crippen MR) is 133 cm³/mol. The van der Waals surface area contributed by atoms with Crippen LogP contribution in [0.2, 0.25) is 0 Å². The number of hydrogen-bond acceptors (Lipinski definition) is 7. The Morgan fingerprint density at radius 2 is 1.76 bits per heavy atom. The van der Waals surface area contributed by atoms with E-state index in [4.69, 9.17) is 4.74 Å². The van der Waals surface area contributed by atoms with Gasteiger partial charge in [0.15, 0.2) is 0 Å². The molecule has 0 N–H and O–H groups in total. The largest absolute Gasteiger partial charge is 0.379 e. The van der Waals surface area contributed by atoms with Gasteiger partial charge in [-0.3, -0.25) is 9.69 Å². The molecule has 0 aromatic carbocycles. The molecule has 3 fully saturated rings. The normalized spacial score (nSPS) is 21.8. The van der Waals surface area contributed by atoms with Gasteiger partial charge in [0.1, 0.15) is 17.0 Å². The van der Waals surface area contributed by atoms with E-state index in [1.165, 1.54) is 28.8 Å². The molecular formula is C25H37N5O2S. The summed E-state index contributed by atoms with van der Waals surface area (Å²) in [5, 5.41) is 1.20. The number of aryl methyl sites for hydroxylation is 2. The first-order chi connectivity index (χ1) is 16.1. The highest BCUT2D eigenvalue weighted by atomic mass is 32.1. The maximum absolute atomic E-state index is 13.2. The molecule has 2 aromatic rings. The Labute approximate surface area is 201 Å². The number of ether oxygens (including phenoxy) is 1. The predicted octanol–water partition coefficient (Wildman–Crippen LogP) is 3.49. The Bertz CT molecular complexity index is 957. The maximum Gasteiger partial charge on any atom is 0.225 e. The summed E-state index contributed by atoms with van der Waals surface area (Å²) in [6, 6.07) is 0. The minimum Gasteiger partial charge on any atom is -0.379 e. The second kappa shape index (κ2) is 10.2. The van der Waals surface area contributed by atoms with E-state index in [0.29, 0.717) is 5.91 Å². The molecule has 5 heterocycles. The molecule has 2 aromatic heterocycles. The number of anilines is 1. The van der Waals surface area contributed by atoms with Crippen molar-refractivity contribution in [1.29, 1.82) is 0 Å². The Balaban J connectivity index is 1.10. The van der Waals surface area contributed by atoms with Crippen molar-refractivity contribution in [2.45, 2.75) is 46.0 Å². The first-order valence-electron chi connectivity index (χ1n) is 12.6. The third kappa shape index (κ3) is 5.03. The van der Waals surface area contributed by atoms with Gasteiger partial charge in [0.05, 0.1) is 18.6 Å². The lowest BCUT2D eigenvalue weighted by Crippen LogP contribution is -2.46. The van der Waals surface area contributed by atoms with Gasteiger partial charge in [0.25, 0.3) is 0 Å². The second-order valence-electron chi connectivity index (χ2n) is 9.93. The van der Waals surface area contributed by atoms with Crippen LogP contribution in [0, 0.1) is 25.7 Å². The zero-order valence-corrected chi connectivity index (χ0v) is 20.9. The van der Waals surface area contributed by atoms with Gasteiger partial charge >= 0.3 is 0 Å². The smallest absolute Gasteiger partial charge is 0.225 e. The quantitative estimate of drug-likeness (QED) is 0.665. The van der Waals surface area contributed by atoms with Crippen molar-refractivity contribution < 1.29 is 9.53 Å². The molecule has 1 amide bonds. The highest BCUT2D eigenvalue weighted by Crippen LogP contribution is 2.36. The summed E-state index contributed by atoms with van der Waals surface area (Å²) < 4.78 is 5.45. The third-order valence-electron chi connectivity index (χ3n) is 7.97. The number of carbonyl (C=O) groups is 1. The lowest BCUT2D eigenvalue weighted by atomic mass is 9.90. The van der Waals surface area contributed by atoms with Crippen LogP contribution in [0.15, 0.2) is 6.33 Å². The van der Waals surface area contributed by atoms with Gasteiger partial charge in [-0.25, -0.2) is 9.97 Å². The number of nitrogens with zero attached hydrogens (tertiary/aromatic N) is 5. The highest BCUT2D eigenvalue weighted by molar-refractivity contribution is 7.18. The number of piperidine rings is 2. The summed E-state index contributed by atoms with van der Waals surface area (Å²) in [4.78, 5) is 31.8. The van der Waals surface area contributed by atoms with Crippen LogP contribution >= 0.6 is 11.3 Å². The fourth-order valence-electron chi connectivity index (χ4n) is 5.63. The van der Waals surface area contributed by atoms with Crippen LogP contribution in [-0.2, 0) is 9.53 Å². The Morgan fingerprint density at radius 3 is 2.48 bits per heavy atom. The molecule has 180 valence electrons. The van der Waals surface area contributed by atoms with Crippen molar-refractivity contribution in [3.8, 4) is 0 Å². The molecule has 0 bridgehead atoms. The lowest BCUT2D eigenvalue weighted by Gasteiger charge is -2.38. The number of aromatic nitrogens is 2. The molecule has 0 atom stereocenters. The van der Waals surface area contributed by atoms with E-state index in [-0.39, 0.29) is 5.92 Å². The number of thiophene rings is 1. The summed E-state index contributed by atoms with van der Waals surface area (Å²) in [6.07, 6.45) is 7.10. The maximum atomic E-state index is 13.2. The molecule has 3 saturated heterocycles. The number of carbonyl (C=O) groups excluding carboxylic acids is 1. The van der Waals surface area contributed by atoms with Gasteiger partial charge in [-0.2, -0.15) is 0 Å². The van der Waals surface area contributed by atoms with Crippen LogP contribution in [0.4, 0.5) is 5.82 Å². The van der Waals surface area contributed by atoms with Gasteiger partial charge in [-0.15, -0.1) is 11.3 Å². The average Bonchev–Trinajstić information content (AvgIpc) is 3.17. The van der Waals surface area contributed by atoms with Crippen LogP contribution in [0.5, 0.6) is 0 Å². The van der Waals surface area contributed by atoms with Crippen molar-refractivity contribution in [3.63, 3.8) is 0 Å². The third-order valence-corrected chi connectivity index (χ3v) is 9.09.